The fourth-order valence-electron chi connectivity index (χ4n) is 8.49. The van der Waals surface area contributed by atoms with Gasteiger partial charge in [-0.2, -0.15) is 0 Å². The van der Waals surface area contributed by atoms with Crippen LogP contribution >= 0.6 is 0 Å². The summed E-state index contributed by atoms with van der Waals surface area (Å²) < 4.78 is 0. The lowest BCUT2D eigenvalue weighted by molar-refractivity contribution is -0.117. The number of allylic oxidation sites excluding steroid dienone is 1. The van der Waals surface area contributed by atoms with E-state index in [1.165, 1.54) is 44.9 Å². The molecule has 0 aromatic heterocycles. The molecular formula is C26H42O2. The van der Waals surface area contributed by atoms with Crippen LogP contribution in [0.2, 0.25) is 0 Å². The molecule has 8 atom stereocenters. The van der Waals surface area contributed by atoms with Crippen molar-refractivity contribution in [3.63, 3.8) is 0 Å². The van der Waals surface area contributed by atoms with Crippen molar-refractivity contribution in [3.8, 4) is 0 Å². The van der Waals surface area contributed by atoms with E-state index < -0.39 is 0 Å². The highest BCUT2D eigenvalue weighted by Crippen LogP contribution is 2.67. The second-order valence-corrected chi connectivity index (χ2v) is 11.5. The zero-order valence-corrected chi connectivity index (χ0v) is 18.7. The summed E-state index contributed by atoms with van der Waals surface area (Å²) in [5.74, 6) is 4.52. The van der Waals surface area contributed by atoms with E-state index in [4.69, 9.17) is 0 Å². The van der Waals surface area contributed by atoms with Crippen molar-refractivity contribution >= 4 is 5.78 Å². The molecule has 0 radical (unpaired) electrons. The van der Waals surface area contributed by atoms with Gasteiger partial charge in [0, 0.05) is 6.42 Å². The van der Waals surface area contributed by atoms with Gasteiger partial charge in [0.1, 0.15) is 5.78 Å². The predicted octanol–water partition coefficient (Wildman–Crippen LogP) is 6.32. The molecule has 4 rings (SSSR count). The summed E-state index contributed by atoms with van der Waals surface area (Å²) in [5.41, 5.74) is 2.45. The Morgan fingerprint density at radius 3 is 2.71 bits per heavy atom. The Morgan fingerprint density at radius 1 is 1.18 bits per heavy atom. The lowest BCUT2D eigenvalue weighted by Crippen LogP contribution is -2.50. The second kappa shape index (κ2) is 7.56. The molecule has 0 spiro atoms. The van der Waals surface area contributed by atoms with E-state index in [0.29, 0.717) is 16.6 Å². The zero-order valence-electron chi connectivity index (χ0n) is 18.7. The molecule has 0 amide bonds. The quantitative estimate of drug-likeness (QED) is 0.561. The minimum Gasteiger partial charge on any atom is -0.393 e. The first-order valence-electron chi connectivity index (χ1n) is 12.1. The fraction of sp³-hybridized carbons (Fsp3) is 0.885. The van der Waals surface area contributed by atoms with Crippen LogP contribution in [-0.4, -0.2) is 17.0 Å². The van der Waals surface area contributed by atoms with Crippen molar-refractivity contribution < 1.29 is 9.90 Å². The minimum atomic E-state index is -0.101. The molecule has 28 heavy (non-hydrogen) atoms. The fourth-order valence-corrected chi connectivity index (χ4v) is 8.49. The van der Waals surface area contributed by atoms with Crippen LogP contribution in [0.25, 0.3) is 0 Å². The maximum atomic E-state index is 11.3. The first-order chi connectivity index (χ1) is 13.3. The molecule has 2 nitrogen and oxygen atoms in total. The molecule has 0 heterocycles. The summed E-state index contributed by atoms with van der Waals surface area (Å²) in [6.45, 7) is 9.35. The molecule has 4 aliphatic carbocycles. The van der Waals surface area contributed by atoms with Crippen LogP contribution in [-0.2, 0) is 4.79 Å². The van der Waals surface area contributed by atoms with Gasteiger partial charge in [0.2, 0.25) is 0 Å². The Labute approximate surface area is 172 Å². The third-order valence-electron chi connectivity index (χ3n) is 10.0. The number of Topliss-reactive ketones (excluding diaryl/α,β-unsaturated/α-hetero) is 1. The van der Waals surface area contributed by atoms with Gasteiger partial charge >= 0.3 is 0 Å². The Balaban J connectivity index is 1.50. The number of aliphatic hydroxyl groups excluding tert-OH is 1. The smallest absolute Gasteiger partial charge is 0.129 e. The first kappa shape index (κ1) is 20.6. The lowest BCUT2D eigenvalue weighted by atomic mass is 9.47. The van der Waals surface area contributed by atoms with E-state index in [-0.39, 0.29) is 6.10 Å². The molecule has 0 bridgehead atoms. The number of hydrogen-bond acceptors (Lipinski definition) is 2. The van der Waals surface area contributed by atoms with Crippen molar-refractivity contribution in [2.75, 3.05) is 0 Å². The van der Waals surface area contributed by atoms with Gasteiger partial charge in [0.25, 0.3) is 0 Å². The third kappa shape index (κ3) is 3.32. The van der Waals surface area contributed by atoms with Gasteiger partial charge in [-0.05, 0) is 105 Å². The molecule has 4 aliphatic rings. The number of carbonyl (C=O) groups is 1. The highest BCUT2D eigenvalue weighted by Gasteiger charge is 2.59. The molecule has 2 heteroatoms. The van der Waals surface area contributed by atoms with E-state index in [9.17, 15) is 9.90 Å². The van der Waals surface area contributed by atoms with Crippen LogP contribution in [0, 0.1) is 40.4 Å². The molecule has 0 aromatic carbocycles. The topological polar surface area (TPSA) is 37.3 Å². The van der Waals surface area contributed by atoms with Crippen LogP contribution in [0.15, 0.2) is 11.6 Å². The number of rotatable bonds is 5. The number of carbonyl (C=O) groups excluding carboxylic acids is 1. The summed E-state index contributed by atoms with van der Waals surface area (Å²) >= 11 is 0. The Kier molecular flexibility index (Phi) is 5.57. The summed E-state index contributed by atoms with van der Waals surface area (Å²) in [6.07, 6.45) is 15.5. The molecule has 0 unspecified atom stereocenters. The Morgan fingerprint density at radius 2 is 1.96 bits per heavy atom. The van der Waals surface area contributed by atoms with Crippen LogP contribution in [0.5, 0.6) is 0 Å². The van der Waals surface area contributed by atoms with E-state index >= 15 is 0 Å². The number of ketones is 1. The molecule has 1 N–H and O–H groups in total. The van der Waals surface area contributed by atoms with Crippen molar-refractivity contribution in [3.05, 3.63) is 11.6 Å². The van der Waals surface area contributed by atoms with Crippen molar-refractivity contribution in [1.82, 2.24) is 0 Å². The van der Waals surface area contributed by atoms with Gasteiger partial charge in [0.15, 0.2) is 0 Å². The molecule has 0 aromatic rings. The molecular weight excluding hydrogens is 344 g/mol. The van der Waals surface area contributed by atoms with Gasteiger partial charge in [-0.3, -0.25) is 0 Å². The third-order valence-corrected chi connectivity index (χ3v) is 10.0. The molecule has 3 fully saturated rings. The van der Waals surface area contributed by atoms with Crippen LogP contribution in [0.1, 0.15) is 98.3 Å². The van der Waals surface area contributed by atoms with Crippen LogP contribution in [0.3, 0.4) is 0 Å². The normalized spacial score (nSPS) is 46.2. The lowest BCUT2D eigenvalue weighted by Gasteiger charge is -2.58. The highest BCUT2D eigenvalue weighted by molar-refractivity contribution is 5.75. The summed E-state index contributed by atoms with van der Waals surface area (Å²) in [6, 6.07) is 0. The van der Waals surface area contributed by atoms with Crippen molar-refractivity contribution in [1.29, 1.82) is 0 Å². The van der Waals surface area contributed by atoms with Gasteiger partial charge in [-0.1, -0.05) is 38.8 Å². The monoisotopic (exact) mass is 386 g/mol. The van der Waals surface area contributed by atoms with E-state index in [2.05, 4.69) is 26.8 Å². The predicted molar refractivity (Wildman–Crippen MR) is 115 cm³/mol. The van der Waals surface area contributed by atoms with E-state index in [1.54, 1.807) is 12.5 Å². The Bertz CT molecular complexity index is 636. The number of aliphatic hydroxyl groups is 1. The summed E-state index contributed by atoms with van der Waals surface area (Å²) in [4.78, 5) is 11.3. The van der Waals surface area contributed by atoms with Crippen LogP contribution < -0.4 is 0 Å². The largest absolute Gasteiger partial charge is 0.393 e. The average Bonchev–Trinajstić information content (AvgIpc) is 2.99. The maximum absolute atomic E-state index is 11.3. The van der Waals surface area contributed by atoms with E-state index in [1.807, 2.05) is 0 Å². The average molecular weight is 387 g/mol. The van der Waals surface area contributed by atoms with Gasteiger partial charge in [-0.25, -0.2) is 0 Å². The van der Waals surface area contributed by atoms with Gasteiger partial charge < -0.3 is 9.90 Å². The van der Waals surface area contributed by atoms with Gasteiger partial charge in [0.05, 0.1) is 6.10 Å². The van der Waals surface area contributed by atoms with Crippen LogP contribution in [0.4, 0.5) is 0 Å². The SMILES string of the molecule is CC(=O)CCC[C@@H](C)[C@H]1CC[C@H]2[C@H]3CC=C4C[C@@H](O)CC[C@]4(C)[C@@H]3CC[C@]12C. The first-order valence-corrected chi connectivity index (χ1v) is 12.1. The van der Waals surface area contributed by atoms with E-state index in [0.717, 1.165) is 55.3 Å². The summed E-state index contributed by atoms with van der Waals surface area (Å²) in [7, 11) is 0. The minimum absolute atomic E-state index is 0.101. The number of hydrogen-bond donors (Lipinski definition) is 1. The zero-order chi connectivity index (χ0) is 20.1. The molecule has 3 saturated carbocycles. The van der Waals surface area contributed by atoms with Crippen molar-refractivity contribution in [2.45, 2.75) is 104 Å². The second-order valence-electron chi connectivity index (χ2n) is 11.5. The molecule has 0 saturated heterocycles. The van der Waals surface area contributed by atoms with Gasteiger partial charge in [-0.15, -0.1) is 0 Å². The summed E-state index contributed by atoms with van der Waals surface area (Å²) in [5, 5.41) is 10.2. The standard InChI is InChI=1S/C26H42O2/c1-17(6-5-7-18(2)27)22-10-11-23-21-9-8-19-16-20(28)12-14-25(19,3)24(21)13-15-26(22,23)4/h8,17,20-24,28H,5-7,9-16H2,1-4H3/t17-,20+,21-,22-,23+,24-,25+,26-/m1/s1. The Hall–Kier alpha value is -0.630. The maximum Gasteiger partial charge on any atom is 0.129 e. The molecule has 0 aliphatic heterocycles. The highest BCUT2D eigenvalue weighted by atomic mass is 16.3. The van der Waals surface area contributed by atoms with Crippen molar-refractivity contribution in [2.24, 2.45) is 40.4 Å². The molecule has 158 valence electrons. The number of fused-ring (bicyclic) bond motifs is 5.